The maximum atomic E-state index is 10.4. The third-order valence-electron chi connectivity index (χ3n) is 0.942. The Morgan fingerprint density at radius 2 is 1.50 bits per heavy atom. The number of hydrogen-bond donors (Lipinski definition) is 2. The molecular formula is C9H15NO6. The molecule has 0 unspecified atom stereocenters. The van der Waals surface area contributed by atoms with Crippen molar-refractivity contribution in [2.45, 2.75) is 13.3 Å². The molecule has 92 valence electrons. The third-order valence-corrected chi connectivity index (χ3v) is 0.942. The lowest BCUT2D eigenvalue weighted by Crippen LogP contribution is -2.17. The fourth-order valence-electron chi connectivity index (χ4n) is 0.411. The number of rotatable bonds is 4. The van der Waals surface area contributed by atoms with Crippen LogP contribution in [0, 0.1) is 0 Å². The Morgan fingerprint density at radius 3 is 1.62 bits per heavy atom. The van der Waals surface area contributed by atoms with Gasteiger partial charge in [-0.05, 0) is 0 Å². The normalized spacial score (nSPS) is 9.50. The Hall–Kier alpha value is -1.89. The van der Waals surface area contributed by atoms with Crippen molar-refractivity contribution in [1.82, 2.24) is 5.06 Å². The van der Waals surface area contributed by atoms with E-state index in [0.29, 0.717) is 18.6 Å². The molecule has 0 aromatic rings. The first kappa shape index (κ1) is 16.5. The zero-order valence-electron chi connectivity index (χ0n) is 9.34. The fourth-order valence-corrected chi connectivity index (χ4v) is 0.411. The van der Waals surface area contributed by atoms with Crippen molar-refractivity contribution in [3.05, 3.63) is 12.2 Å². The average Bonchev–Trinajstić information content (AvgIpc) is 2.14. The van der Waals surface area contributed by atoms with Gasteiger partial charge in [-0.3, -0.25) is 4.79 Å². The third kappa shape index (κ3) is 18.0. The second kappa shape index (κ2) is 9.66. The van der Waals surface area contributed by atoms with Crippen LogP contribution < -0.4 is 0 Å². The van der Waals surface area contributed by atoms with Crippen LogP contribution in [0.25, 0.3) is 0 Å². The molecule has 2 N–H and O–H groups in total. The van der Waals surface area contributed by atoms with E-state index in [1.165, 1.54) is 5.06 Å². The zero-order valence-corrected chi connectivity index (χ0v) is 9.34. The highest BCUT2D eigenvalue weighted by Crippen LogP contribution is 1.84. The topological polar surface area (TPSA) is 104 Å². The highest BCUT2D eigenvalue weighted by atomic mass is 16.7. The van der Waals surface area contributed by atoms with E-state index in [1.807, 2.05) is 0 Å². The number of carboxylic acids is 2. The Morgan fingerprint density at radius 1 is 1.12 bits per heavy atom. The molecule has 0 aromatic carbocycles. The van der Waals surface area contributed by atoms with Crippen molar-refractivity contribution in [3.63, 3.8) is 0 Å². The van der Waals surface area contributed by atoms with Crippen LogP contribution in [-0.2, 0) is 19.2 Å². The van der Waals surface area contributed by atoms with Gasteiger partial charge in [-0.25, -0.2) is 9.59 Å². The minimum absolute atomic E-state index is 0.199. The molecular weight excluding hydrogens is 218 g/mol. The van der Waals surface area contributed by atoms with E-state index in [1.54, 1.807) is 21.0 Å². The fraction of sp³-hybridized carbons (Fsp3) is 0.444. The Kier molecular flexibility index (Phi) is 9.98. The van der Waals surface area contributed by atoms with Gasteiger partial charge in [0.1, 0.15) is 0 Å². The van der Waals surface area contributed by atoms with Crippen molar-refractivity contribution in [1.29, 1.82) is 0 Å². The first-order valence-electron chi connectivity index (χ1n) is 4.31. The summed E-state index contributed by atoms with van der Waals surface area (Å²) >= 11 is 0. The van der Waals surface area contributed by atoms with E-state index >= 15 is 0 Å². The van der Waals surface area contributed by atoms with Gasteiger partial charge in [0.2, 0.25) is 0 Å². The quantitative estimate of drug-likeness (QED) is 0.525. The Labute approximate surface area is 92.9 Å². The lowest BCUT2D eigenvalue weighted by molar-refractivity contribution is -0.177. The molecule has 7 heteroatoms. The summed E-state index contributed by atoms with van der Waals surface area (Å²) in [5.74, 6) is -2.71. The largest absolute Gasteiger partial charge is 0.478 e. The second-order valence-electron chi connectivity index (χ2n) is 2.64. The molecule has 16 heavy (non-hydrogen) atoms. The van der Waals surface area contributed by atoms with Crippen molar-refractivity contribution in [3.8, 4) is 0 Å². The van der Waals surface area contributed by atoms with Crippen LogP contribution in [0.4, 0.5) is 0 Å². The summed E-state index contributed by atoms with van der Waals surface area (Å²) in [6.07, 6.45) is 1.54. The summed E-state index contributed by atoms with van der Waals surface area (Å²) in [7, 11) is 3.35. The van der Waals surface area contributed by atoms with E-state index in [4.69, 9.17) is 10.2 Å². The number of hydroxylamine groups is 2. The molecule has 0 amide bonds. The molecule has 7 nitrogen and oxygen atoms in total. The molecule has 0 spiro atoms. The molecule has 0 aliphatic rings. The lowest BCUT2D eigenvalue weighted by Gasteiger charge is -2.07. The van der Waals surface area contributed by atoms with Crippen molar-refractivity contribution in [2.75, 3.05) is 14.1 Å². The highest BCUT2D eigenvalue weighted by molar-refractivity contribution is 5.89. The summed E-state index contributed by atoms with van der Waals surface area (Å²) in [6, 6.07) is 0. The van der Waals surface area contributed by atoms with E-state index in [0.717, 1.165) is 0 Å². The second-order valence-corrected chi connectivity index (χ2v) is 2.64. The van der Waals surface area contributed by atoms with Crippen LogP contribution in [0.5, 0.6) is 0 Å². The van der Waals surface area contributed by atoms with Crippen molar-refractivity contribution >= 4 is 17.9 Å². The molecule has 0 aromatic heterocycles. The van der Waals surface area contributed by atoms with E-state index < -0.39 is 11.9 Å². The lowest BCUT2D eigenvalue weighted by atomic mass is 10.5. The number of carbonyl (C=O) groups excluding carboxylic acids is 1. The van der Waals surface area contributed by atoms with Gasteiger partial charge in [0.15, 0.2) is 0 Å². The van der Waals surface area contributed by atoms with Crippen LogP contribution in [0.3, 0.4) is 0 Å². The van der Waals surface area contributed by atoms with Crippen LogP contribution in [0.1, 0.15) is 13.3 Å². The molecule has 0 aliphatic carbocycles. The molecule has 0 aliphatic heterocycles. The van der Waals surface area contributed by atoms with Gasteiger partial charge in [0.05, 0.1) is 0 Å². The molecule has 0 radical (unpaired) electrons. The average molecular weight is 233 g/mol. The minimum Gasteiger partial charge on any atom is -0.478 e. The van der Waals surface area contributed by atoms with Crippen molar-refractivity contribution < 1.29 is 29.4 Å². The summed E-state index contributed by atoms with van der Waals surface area (Å²) in [5, 5.41) is 17.0. The number of hydrogen-bond acceptors (Lipinski definition) is 5. The summed E-state index contributed by atoms with van der Waals surface area (Å²) < 4.78 is 0. The highest BCUT2D eigenvalue weighted by Gasteiger charge is 1.97. The molecule has 0 atom stereocenters. The van der Waals surface area contributed by atoms with Gasteiger partial charge in [0.25, 0.3) is 0 Å². The Balaban J connectivity index is 0. The molecule has 0 saturated carbocycles. The number of aliphatic carboxylic acids is 2. The van der Waals surface area contributed by atoms with Gasteiger partial charge in [0, 0.05) is 32.7 Å². The van der Waals surface area contributed by atoms with E-state index in [-0.39, 0.29) is 5.97 Å². The molecule has 0 rings (SSSR count). The molecule has 0 bridgehead atoms. The Bertz CT molecular complexity index is 255. The predicted octanol–water partition coefficient (Wildman–Crippen LogP) is 0.128. The first-order valence-corrected chi connectivity index (χ1v) is 4.31. The summed E-state index contributed by atoms with van der Waals surface area (Å²) in [6.45, 7) is 1.76. The van der Waals surface area contributed by atoms with Gasteiger partial charge < -0.3 is 15.1 Å². The van der Waals surface area contributed by atoms with Gasteiger partial charge in [-0.1, -0.05) is 6.92 Å². The first-order chi connectivity index (χ1) is 7.29. The SMILES string of the molecule is CCC(=O)ON(C)C.O=C(O)/C=C\C(=O)O. The smallest absolute Gasteiger partial charge is 0.328 e. The maximum absolute atomic E-state index is 10.4. The van der Waals surface area contributed by atoms with Gasteiger partial charge in [-0.15, -0.1) is 5.06 Å². The zero-order chi connectivity index (χ0) is 13.1. The number of carbonyl (C=O) groups is 3. The molecule has 0 saturated heterocycles. The summed E-state index contributed by atoms with van der Waals surface area (Å²) in [4.78, 5) is 34.1. The van der Waals surface area contributed by atoms with E-state index in [2.05, 4.69) is 4.84 Å². The van der Waals surface area contributed by atoms with E-state index in [9.17, 15) is 14.4 Å². The van der Waals surface area contributed by atoms with Crippen molar-refractivity contribution in [2.24, 2.45) is 0 Å². The number of nitrogens with zero attached hydrogens (tertiary/aromatic N) is 1. The maximum Gasteiger partial charge on any atom is 0.328 e. The summed E-state index contributed by atoms with van der Waals surface area (Å²) in [5.41, 5.74) is 0. The van der Waals surface area contributed by atoms with Gasteiger partial charge >= 0.3 is 17.9 Å². The van der Waals surface area contributed by atoms with Gasteiger partial charge in [-0.2, -0.15) is 0 Å². The standard InChI is InChI=1S/C5H11NO2.C4H4O4/c1-4-5(7)8-6(2)3;5-3(6)1-2-4(7)8/h4H2,1-3H3;1-2H,(H,5,6)(H,7,8)/b;2-1-. The van der Waals surface area contributed by atoms with Crippen LogP contribution in [0.15, 0.2) is 12.2 Å². The minimum atomic E-state index is -1.26. The van der Waals surface area contributed by atoms with Crippen LogP contribution in [-0.4, -0.2) is 47.3 Å². The van der Waals surface area contributed by atoms with Crippen LogP contribution in [0.2, 0.25) is 0 Å². The molecule has 0 heterocycles. The van der Waals surface area contributed by atoms with Crippen LogP contribution >= 0.6 is 0 Å². The predicted molar refractivity (Wildman–Crippen MR) is 54.5 cm³/mol. The number of carboxylic acid groups (broad SMARTS) is 2. The molecule has 0 fully saturated rings. The monoisotopic (exact) mass is 233 g/mol.